The highest BCUT2D eigenvalue weighted by molar-refractivity contribution is 5.93. The fourth-order valence-electron chi connectivity index (χ4n) is 3.65. The van der Waals surface area contributed by atoms with Crippen molar-refractivity contribution in [3.05, 3.63) is 23.9 Å². The molecule has 1 aromatic heterocycles. The van der Waals surface area contributed by atoms with E-state index < -0.39 is 0 Å². The molecule has 0 aromatic carbocycles. The van der Waals surface area contributed by atoms with Crippen molar-refractivity contribution in [1.82, 2.24) is 10.3 Å². The Morgan fingerprint density at radius 1 is 1.48 bits per heavy atom. The van der Waals surface area contributed by atoms with E-state index >= 15 is 0 Å². The van der Waals surface area contributed by atoms with Gasteiger partial charge in [0.15, 0.2) is 0 Å². The topological polar surface area (TPSA) is 63.2 Å². The Bertz CT molecular complexity index is 527. The van der Waals surface area contributed by atoms with Gasteiger partial charge in [0, 0.05) is 36.7 Å². The average molecular weight is 289 g/mol. The van der Waals surface area contributed by atoms with E-state index in [0.29, 0.717) is 30.2 Å². The summed E-state index contributed by atoms with van der Waals surface area (Å²) in [5.41, 5.74) is 0.721. The average Bonchev–Trinajstić information content (AvgIpc) is 2.92. The second-order valence-electron chi connectivity index (χ2n) is 6.48. The highest BCUT2D eigenvalue weighted by Gasteiger charge is 2.59. The van der Waals surface area contributed by atoms with Crippen LogP contribution in [-0.2, 0) is 4.74 Å². The monoisotopic (exact) mass is 289 g/mol. The first-order valence-corrected chi connectivity index (χ1v) is 7.66. The summed E-state index contributed by atoms with van der Waals surface area (Å²) in [6.07, 6.45) is 3.11. The standard InChI is InChI=1S/C16H23N3O2/c1-4-17-15(20)10-5-6-12(18-9-10)19-13-11-7-8-21-14(11)16(13,2)3/h5-6,9,11,13-14H,4,7-8H2,1-3H3,(H,17,20)(H,18,19). The molecule has 3 unspecified atom stereocenters. The Kier molecular flexibility index (Phi) is 3.61. The molecule has 2 fully saturated rings. The fourth-order valence-corrected chi connectivity index (χ4v) is 3.65. The summed E-state index contributed by atoms with van der Waals surface area (Å²) >= 11 is 0. The van der Waals surface area contributed by atoms with Crippen molar-refractivity contribution in [1.29, 1.82) is 0 Å². The maximum atomic E-state index is 11.7. The van der Waals surface area contributed by atoms with Crippen LogP contribution in [0.15, 0.2) is 18.3 Å². The third-order valence-corrected chi connectivity index (χ3v) is 4.77. The summed E-state index contributed by atoms with van der Waals surface area (Å²) in [5, 5.41) is 6.29. The van der Waals surface area contributed by atoms with Gasteiger partial charge >= 0.3 is 0 Å². The molecule has 3 rings (SSSR count). The van der Waals surface area contributed by atoms with Crippen LogP contribution in [0, 0.1) is 11.3 Å². The molecule has 0 spiro atoms. The number of carbonyl (C=O) groups is 1. The molecule has 114 valence electrons. The molecule has 2 N–H and O–H groups in total. The number of nitrogens with zero attached hydrogens (tertiary/aromatic N) is 1. The van der Waals surface area contributed by atoms with Crippen LogP contribution in [-0.4, -0.2) is 36.2 Å². The lowest BCUT2D eigenvalue weighted by Crippen LogP contribution is -2.63. The molecule has 1 aliphatic heterocycles. The second kappa shape index (κ2) is 5.30. The van der Waals surface area contributed by atoms with Crippen molar-refractivity contribution in [2.45, 2.75) is 39.3 Å². The summed E-state index contributed by atoms with van der Waals surface area (Å²) in [6.45, 7) is 7.86. The zero-order valence-corrected chi connectivity index (χ0v) is 12.8. The Morgan fingerprint density at radius 2 is 2.29 bits per heavy atom. The molecule has 2 heterocycles. The summed E-state index contributed by atoms with van der Waals surface area (Å²) in [5.74, 6) is 1.32. The first-order chi connectivity index (χ1) is 10.0. The molecule has 0 bridgehead atoms. The van der Waals surface area contributed by atoms with E-state index in [9.17, 15) is 4.79 Å². The summed E-state index contributed by atoms with van der Waals surface area (Å²) in [4.78, 5) is 16.1. The first-order valence-electron chi connectivity index (χ1n) is 7.66. The molecule has 1 amide bonds. The number of aromatic nitrogens is 1. The van der Waals surface area contributed by atoms with E-state index in [1.807, 2.05) is 19.1 Å². The summed E-state index contributed by atoms with van der Waals surface area (Å²) < 4.78 is 5.80. The van der Waals surface area contributed by atoms with Gasteiger partial charge in [-0.2, -0.15) is 0 Å². The van der Waals surface area contributed by atoms with Crippen molar-refractivity contribution in [2.24, 2.45) is 11.3 Å². The lowest BCUT2D eigenvalue weighted by molar-refractivity contribution is -0.0924. The minimum Gasteiger partial charge on any atom is -0.377 e. The fraction of sp³-hybridized carbons (Fsp3) is 0.625. The van der Waals surface area contributed by atoms with Crippen molar-refractivity contribution in [3.63, 3.8) is 0 Å². The molecule has 5 heteroatoms. The molecule has 1 saturated heterocycles. The molecular formula is C16H23N3O2. The minimum absolute atomic E-state index is 0.0789. The number of fused-ring (bicyclic) bond motifs is 1. The van der Waals surface area contributed by atoms with Gasteiger partial charge in [0.1, 0.15) is 5.82 Å². The van der Waals surface area contributed by atoms with E-state index in [2.05, 4.69) is 29.5 Å². The van der Waals surface area contributed by atoms with Gasteiger partial charge in [-0.15, -0.1) is 0 Å². The zero-order chi connectivity index (χ0) is 15.0. The lowest BCUT2D eigenvalue weighted by Gasteiger charge is -2.54. The van der Waals surface area contributed by atoms with Gasteiger partial charge in [0.25, 0.3) is 5.91 Å². The third kappa shape index (κ3) is 2.39. The molecule has 2 aliphatic rings. The number of carbonyl (C=O) groups excluding carboxylic acids is 1. The van der Waals surface area contributed by atoms with Crippen LogP contribution in [0.2, 0.25) is 0 Å². The lowest BCUT2D eigenvalue weighted by atomic mass is 9.57. The van der Waals surface area contributed by atoms with Gasteiger partial charge in [-0.05, 0) is 25.5 Å². The van der Waals surface area contributed by atoms with Crippen molar-refractivity contribution < 1.29 is 9.53 Å². The van der Waals surface area contributed by atoms with E-state index in [4.69, 9.17) is 4.74 Å². The summed E-state index contributed by atoms with van der Waals surface area (Å²) in [6, 6.07) is 4.08. The second-order valence-corrected chi connectivity index (χ2v) is 6.48. The number of hydrogen-bond donors (Lipinski definition) is 2. The number of rotatable bonds is 4. The van der Waals surface area contributed by atoms with Crippen LogP contribution < -0.4 is 10.6 Å². The normalized spacial score (nSPS) is 29.4. The van der Waals surface area contributed by atoms with Crippen molar-refractivity contribution in [3.8, 4) is 0 Å². The molecule has 1 aliphatic carbocycles. The molecular weight excluding hydrogens is 266 g/mol. The first kappa shape index (κ1) is 14.3. The predicted octanol–water partition coefficient (Wildman–Crippen LogP) is 2.06. The SMILES string of the molecule is CCNC(=O)c1ccc(NC2C3CCOC3C2(C)C)nc1. The third-order valence-electron chi connectivity index (χ3n) is 4.77. The number of pyridine rings is 1. The van der Waals surface area contributed by atoms with E-state index in [1.54, 1.807) is 6.20 Å². The van der Waals surface area contributed by atoms with E-state index in [1.165, 1.54) is 0 Å². The Labute approximate surface area is 125 Å². The maximum Gasteiger partial charge on any atom is 0.252 e. The predicted molar refractivity (Wildman–Crippen MR) is 81.3 cm³/mol. The number of hydrogen-bond acceptors (Lipinski definition) is 4. The molecule has 21 heavy (non-hydrogen) atoms. The van der Waals surface area contributed by atoms with Crippen LogP contribution in [0.3, 0.4) is 0 Å². The van der Waals surface area contributed by atoms with Crippen LogP contribution in [0.25, 0.3) is 0 Å². The van der Waals surface area contributed by atoms with Crippen molar-refractivity contribution >= 4 is 11.7 Å². The Morgan fingerprint density at radius 3 is 2.95 bits per heavy atom. The quantitative estimate of drug-likeness (QED) is 0.890. The van der Waals surface area contributed by atoms with Gasteiger partial charge in [0.2, 0.25) is 0 Å². The van der Waals surface area contributed by atoms with E-state index in [-0.39, 0.29) is 11.3 Å². The number of ether oxygens (including phenoxy) is 1. The van der Waals surface area contributed by atoms with Gasteiger partial charge < -0.3 is 15.4 Å². The number of nitrogens with one attached hydrogen (secondary N) is 2. The van der Waals surface area contributed by atoms with Gasteiger partial charge in [0.05, 0.1) is 11.7 Å². The number of amides is 1. The molecule has 5 nitrogen and oxygen atoms in total. The molecule has 1 aromatic rings. The van der Waals surface area contributed by atoms with Gasteiger partial charge in [-0.25, -0.2) is 4.98 Å². The van der Waals surface area contributed by atoms with E-state index in [0.717, 1.165) is 18.8 Å². The number of anilines is 1. The maximum absolute atomic E-state index is 11.7. The van der Waals surface area contributed by atoms with Crippen LogP contribution in [0.5, 0.6) is 0 Å². The summed E-state index contributed by atoms with van der Waals surface area (Å²) in [7, 11) is 0. The largest absolute Gasteiger partial charge is 0.377 e. The van der Waals surface area contributed by atoms with Crippen molar-refractivity contribution in [2.75, 3.05) is 18.5 Å². The minimum atomic E-state index is -0.0789. The molecule has 3 atom stereocenters. The Balaban J connectivity index is 1.67. The molecule has 0 radical (unpaired) electrons. The molecule has 1 saturated carbocycles. The highest BCUT2D eigenvalue weighted by atomic mass is 16.5. The smallest absolute Gasteiger partial charge is 0.252 e. The highest BCUT2D eigenvalue weighted by Crippen LogP contribution is 2.53. The van der Waals surface area contributed by atoms with Crippen LogP contribution in [0.4, 0.5) is 5.82 Å². The zero-order valence-electron chi connectivity index (χ0n) is 12.8. The van der Waals surface area contributed by atoms with Gasteiger partial charge in [-0.3, -0.25) is 4.79 Å². The Hall–Kier alpha value is -1.62. The van der Waals surface area contributed by atoms with Gasteiger partial charge in [-0.1, -0.05) is 13.8 Å². The van der Waals surface area contributed by atoms with Crippen LogP contribution in [0.1, 0.15) is 37.6 Å². The van der Waals surface area contributed by atoms with Crippen LogP contribution >= 0.6 is 0 Å².